The lowest BCUT2D eigenvalue weighted by molar-refractivity contribution is -0.127. The highest BCUT2D eigenvalue weighted by atomic mass is 35.5. The molecule has 0 aromatic heterocycles. The Labute approximate surface area is 198 Å². The van der Waals surface area contributed by atoms with Crippen molar-refractivity contribution < 1.29 is 19.1 Å². The average Bonchev–Trinajstić information content (AvgIpc) is 2.74. The molecule has 32 heavy (non-hydrogen) atoms. The number of halogens is 2. The molecule has 2 unspecified atom stereocenters. The van der Waals surface area contributed by atoms with E-state index in [9.17, 15) is 9.59 Å². The van der Waals surface area contributed by atoms with Crippen molar-refractivity contribution in [3.8, 4) is 11.5 Å². The molecule has 0 saturated heterocycles. The van der Waals surface area contributed by atoms with Gasteiger partial charge in [0.25, 0.3) is 11.8 Å². The van der Waals surface area contributed by atoms with Crippen molar-refractivity contribution in [1.82, 2.24) is 10.6 Å². The standard InChI is InChI=1S/C24H28Cl2N2O4/c1-15-11-17(25)7-9-21(15)31-13-23(29)27-19-5-3-4-6-20(19)28-24(30)14-32-22-10-8-18(26)12-16(22)2/h7-12,19-20H,3-6,13-14H2,1-2H3,(H,27,29)(H,28,30). The predicted molar refractivity (Wildman–Crippen MR) is 126 cm³/mol. The molecule has 1 aliphatic carbocycles. The number of ether oxygens (including phenoxy) is 2. The topological polar surface area (TPSA) is 76.7 Å². The van der Waals surface area contributed by atoms with Gasteiger partial charge in [-0.15, -0.1) is 0 Å². The van der Waals surface area contributed by atoms with Gasteiger partial charge in [-0.05, 0) is 74.2 Å². The minimum atomic E-state index is -0.224. The van der Waals surface area contributed by atoms with Crippen LogP contribution in [0.25, 0.3) is 0 Å². The van der Waals surface area contributed by atoms with Gasteiger partial charge in [0.15, 0.2) is 13.2 Å². The molecule has 1 fully saturated rings. The monoisotopic (exact) mass is 478 g/mol. The minimum absolute atomic E-state index is 0.0986. The maximum atomic E-state index is 12.5. The molecule has 0 bridgehead atoms. The summed E-state index contributed by atoms with van der Waals surface area (Å²) in [6, 6.07) is 10.2. The van der Waals surface area contributed by atoms with E-state index in [4.69, 9.17) is 32.7 Å². The van der Waals surface area contributed by atoms with Gasteiger partial charge in [-0.2, -0.15) is 0 Å². The highest BCUT2D eigenvalue weighted by Crippen LogP contribution is 2.23. The molecule has 8 heteroatoms. The molecule has 0 heterocycles. The van der Waals surface area contributed by atoms with E-state index in [1.54, 1.807) is 36.4 Å². The molecule has 172 valence electrons. The van der Waals surface area contributed by atoms with Gasteiger partial charge >= 0.3 is 0 Å². The zero-order chi connectivity index (χ0) is 23.1. The summed E-state index contributed by atoms with van der Waals surface area (Å²) < 4.78 is 11.3. The number of hydrogen-bond donors (Lipinski definition) is 2. The van der Waals surface area contributed by atoms with Crippen LogP contribution in [-0.4, -0.2) is 37.1 Å². The molecular formula is C24H28Cl2N2O4. The maximum absolute atomic E-state index is 12.5. The molecule has 2 N–H and O–H groups in total. The summed E-state index contributed by atoms with van der Waals surface area (Å²) in [4.78, 5) is 24.9. The largest absolute Gasteiger partial charge is 0.484 e. The van der Waals surface area contributed by atoms with E-state index in [1.807, 2.05) is 13.8 Å². The van der Waals surface area contributed by atoms with E-state index >= 15 is 0 Å². The van der Waals surface area contributed by atoms with Crippen LogP contribution in [0.2, 0.25) is 10.0 Å². The second-order valence-electron chi connectivity index (χ2n) is 8.03. The second-order valence-corrected chi connectivity index (χ2v) is 8.90. The van der Waals surface area contributed by atoms with Crippen LogP contribution in [0.15, 0.2) is 36.4 Å². The van der Waals surface area contributed by atoms with Gasteiger partial charge in [0, 0.05) is 22.1 Å². The zero-order valence-electron chi connectivity index (χ0n) is 18.3. The van der Waals surface area contributed by atoms with Gasteiger partial charge in [-0.1, -0.05) is 36.0 Å². The lowest BCUT2D eigenvalue weighted by atomic mass is 9.90. The Kier molecular flexibility index (Phi) is 8.65. The summed E-state index contributed by atoms with van der Waals surface area (Å²) in [6.45, 7) is 3.55. The molecule has 6 nitrogen and oxygen atoms in total. The molecule has 2 atom stereocenters. The van der Waals surface area contributed by atoms with E-state index in [2.05, 4.69) is 10.6 Å². The van der Waals surface area contributed by atoms with Crippen LogP contribution in [0.3, 0.4) is 0 Å². The fraction of sp³-hybridized carbons (Fsp3) is 0.417. The van der Waals surface area contributed by atoms with Gasteiger partial charge < -0.3 is 20.1 Å². The summed E-state index contributed by atoms with van der Waals surface area (Å²) in [5.74, 6) is 0.789. The molecular weight excluding hydrogens is 451 g/mol. The first-order chi connectivity index (χ1) is 15.3. The first-order valence-electron chi connectivity index (χ1n) is 10.7. The Balaban J connectivity index is 1.48. The lowest BCUT2D eigenvalue weighted by Gasteiger charge is -2.32. The van der Waals surface area contributed by atoms with Crippen LogP contribution >= 0.6 is 23.2 Å². The molecule has 2 amide bonds. The molecule has 3 rings (SSSR count). The van der Waals surface area contributed by atoms with Crippen LogP contribution in [0.5, 0.6) is 11.5 Å². The maximum Gasteiger partial charge on any atom is 0.258 e. The summed E-state index contributed by atoms with van der Waals surface area (Å²) in [5, 5.41) is 7.25. The first kappa shape index (κ1) is 24.2. The van der Waals surface area contributed by atoms with Crippen LogP contribution in [0, 0.1) is 13.8 Å². The Morgan fingerprint density at radius 3 is 1.59 bits per heavy atom. The lowest BCUT2D eigenvalue weighted by Crippen LogP contribution is -2.54. The van der Waals surface area contributed by atoms with Crippen LogP contribution in [-0.2, 0) is 9.59 Å². The average molecular weight is 479 g/mol. The van der Waals surface area contributed by atoms with Gasteiger partial charge in [0.05, 0.1) is 0 Å². The van der Waals surface area contributed by atoms with E-state index in [0.717, 1.165) is 36.8 Å². The highest BCUT2D eigenvalue weighted by molar-refractivity contribution is 6.31. The Bertz CT molecular complexity index is 890. The summed E-state index contributed by atoms with van der Waals surface area (Å²) in [7, 11) is 0. The third-order valence-corrected chi connectivity index (χ3v) is 5.92. The van der Waals surface area contributed by atoms with Crippen molar-refractivity contribution in [1.29, 1.82) is 0 Å². The minimum Gasteiger partial charge on any atom is -0.484 e. The van der Waals surface area contributed by atoms with E-state index in [0.29, 0.717) is 21.5 Å². The van der Waals surface area contributed by atoms with E-state index < -0.39 is 0 Å². The normalized spacial score (nSPS) is 18.0. The molecule has 1 aliphatic rings. The highest BCUT2D eigenvalue weighted by Gasteiger charge is 2.28. The second kappa shape index (κ2) is 11.4. The fourth-order valence-corrected chi connectivity index (χ4v) is 4.26. The quantitative estimate of drug-likeness (QED) is 0.580. The van der Waals surface area contributed by atoms with Gasteiger partial charge in [0.2, 0.25) is 0 Å². The van der Waals surface area contributed by atoms with E-state index in [-0.39, 0.29) is 37.1 Å². The summed E-state index contributed by atoms with van der Waals surface area (Å²) in [5.41, 5.74) is 1.73. The molecule has 0 radical (unpaired) electrons. The van der Waals surface area contributed by atoms with Crippen molar-refractivity contribution in [2.45, 2.75) is 51.6 Å². The number of carbonyl (C=O) groups is 2. The number of aryl methyl sites for hydroxylation is 2. The number of carbonyl (C=O) groups excluding carboxylic acids is 2. The van der Waals surface area contributed by atoms with Crippen molar-refractivity contribution in [3.05, 3.63) is 57.6 Å². The number of benzene rings is 2. The molecule has 0 aliphatic heterocycles. The van der Waals surface area contributed by atoms with Crippen LogP contribution in [0.4, 0.5) is 0 Å². The summed E-state index contributed by atoms with van der Waals surface area (Å²) in [6.07, 6.45) is 3.59. The number of hydrogen-bond acceptors (Lipinski definition) is 4. The zero-order valence-corrected chi connectivity index (χ0v) is 19.8. The van der Waals surface area contributed by atoms with Gasteiger partial charge in [-0.25, -0.2) is 0 Å². The SMILES string of the molecule is Cc1cc(Cl)ccc1OCC(=O)NC1CCCCC1NC(=O)COc1ccc(Cl)cc1C. The molecule has 1 saturated carbocycles. The van der Waals surface area contributed by atoms with Crippen molar-refractivity contribution in [2.75, 3.05) is 13.2 Å². The molecule has 2 aromatic carbocycles. The third kappa shape index (κ3) is 7.04. The van der Waals surface area contributed by atoms with Crippen molar-refractivity contribution in [2.24, 2.45) is 0 Å². The number of amides is 2. The Hall–Kier alpha value is -2.44. The number of nitrogens with one attached hydrogen (secondary N) is 2. The molecule has 2 aromatic rings. The number of rotatable bonds is 8. The third-order valence-electron chi connectivity index (χ3n) is 5.45. The Morgan fingerprint density at radius 2 is 1.22 bits per heavy atom. The van der Waals surface area contributed by atoms with Crippen LogP contribution in [0.1, 0.15) is 36.8 Å². The van der Waals surface area contributed by atoms with E-state index in [1.165, 1.54) is 0 Å². The van der Waals surface area contributed by atoms with Gasteiger partial charge in [-0.3, -0.25) is 9.59 Å². The smallest absolute Gasteiger partial charge is 0.258 e. The Morgan fingerprint density at radius 1 is 0.812 bits per heavy atom. The fourth-order valence-electron chi connectivity index (χ4n) is 3.81. The van der Waals surface area contributed by atoms with Crippen molar-refractivity contribution in [3.63, 3.8) is 0 Å². The van der Waals surface area contributed by atoms with Crippen molar-refractivity contribution >= 4 is 35.0 Å². The van der Waals surface area contributed by atoms with Crippen LogP contribution < -0.4 is 20.1 Å². The first-order valence-corrected chi connectivity index (χ1v) is 11.4. The summed E-state index contributed by atoms with van der Waals surface area (Å²) >= 11 is 11.9. The molecule has 0 spiro atoms. The van der Waals surface area contributed by atoms with Gasteiger partial charge in [0.1, 0.15) is 11.5 Å². The predicted octanol–water partition coefficient (Wildman–Crippen LogP) is 4.61.